The van der Waals surface area contributed by atoms with Crippen molar-refractivity contribution in [2.24, 2.45) is 0 Å². The largest absolute Gasteiger partial charge is 0.311 e. The van der Waals surface area contributed by atoms with E-state index in [2.05, 4.69) is 0 Å². The molecule has 0 saturated heterocycles. The normalized spacial score (nSPS) is 13.1. The number of para-hydroxylation sites is 1. The van der Waals surface area contributed by atoms with Crippen molar-refractivity contribution in [1.29, 1.82) is 0 Å². The molecule has 2 aromatic carbocycles. The Bertz CT molecular complexity index is 860. The average Bonchev–Trinajstić information content (AvgIpc) is 2.65. The van der Waals surface area contributed by atoms with E-state index in [9.17, 15) is 14.4 Å². The van der Waals surface area contributed by atoms with Crippen LogP contribution in [-0.4, -0.2) is 30.7 Å². The highest BCUT2D eigenvalue weighted by Gasteiger charge is 2.25. The zero-order chi connectivity index (χ0) is 18.7. The standard InChI is InChI=1S/C21H22N2O3/c1-15(24)18-8-5-10-19(13-18)23(16(2)25)14-21(26)22-12-6-9-17-7-3-4-11-20(17)22/h3-5,7-8,10-11,13H,6,9,12,14H2,1-2H3. The predicted molar refractivity (Wildman–Crippen MR) is 102 cm³/mol. The van der Waals surface area contributed by atoms with E-state index in [1.807, 2.05) is 24.3 Å². The van der Waals surface area contributed by atoms with E-state index in [1.54, 1.807) is 29.2 Å². The Morgan fingerprint density at radius 3 is 2.54 bits per heavy atom. The van der Waals surface area contributed by atoms with Crippen LogP contribution < -0.4 is 9.80 Å². The molecular formula is C21H22N2O3. The van der Waals surface area contributed by atoms with Crippen molar-refractivity contribution in [2.75, 3.05) is 22.9 Å². The maximum absolute atomic E-state index is 12.9. The number of rotatable bonds is 4. The van der Waals surface area contributed by atoms with Crippen molar-refractivity contribution < 1.29 is 14.4 Å². The van der Waals surface area contributed by atoms with Gasteiger partial charge in [-0.2, -0.15) is 0 Å². The predicted octanol–water partition coefficient (Wildman–Crippen LogP) is 3.22. The fourth-order valence-corrected chi connectivity index (χ4v) is 3.29. The molecule has 0 radical (unpaired) electrons. The van der Waals surface area contributed by atoms with E-state index in [-0.39, 0.29) is 24.1 Å². The lowest BCUT2D eigenvalue weighted by atomic mass is 10.0. The number of benzene rings is 2. The van der Waals surface area contributed by atoms with Crippen molar-refractivity contribution in [2.45, 2.75) is 26.7 Å². The molecule has 0 saturated carbocycles. The summed E-state index contributed by atoms with van der Waals surface area (Å²) >= 11 is 0. The van der Waals surface area contributed by atoms with Gasteiger partial charge in [0.05, 0.1) is 0 Å². The maximum Gasteiger partial charge on any atom is 0.247 e. The van der Waals surface area contributed by atoms with Crippen LogP contribution in [0.15, 0.2) is 48.5 Å². The first-order chi connectivity index (χ1) is 12.5. The summed E-state index contributed by atoms with van der Waals surface area (Å²) in [6.45, 7) is 3.50. The summed E-state index contributed by atoms with van der Waals surface area (Å²) < 4.78 is 0. The summed E-state index contributed by atoms with van der Waals surface area (Å²) in [5.41, 5.74) is 3.15. The Labute approximate surface area is 153 Å². The van der Waals surface area contributed by atoms with Crippen LogP contribution in [0.5, 0.6) is 0 Å². The first-order valence-electron chi connectivity index (χ1n) is 8.75. The van der Waals surface area contributed by atoms with Crippen LogP contribution >= 0.6 is 0 Å². The number of aryl methyl sites for hydroxylation is 1. The molecule has 0 unspecified atom stereocenters. The Kier molecular flexibility index (Phi) is 5.16. The van der Waals surface area contributed by atoms with Crippen LogP contribution in [0.4, 0.5) is 11.4 Å². The third-order valence-corrected chi connectivity index (χ3v) is 4.65. The molecule has 134 valence electrons. The van der Waals surface area contributed by atoms with Crippen molar-refractivity contribution in [3.8, 4) is 0 Å². The molecule has 0 aromatic heterocycles. The Hall–Kier alpha value is -2.95. The molecule has 0 atom stereocenters. The first kappa shape index (κ1) is 17.9. The second-order valence-electron chi connectivity index (χ2n) is 6.49. The number of hydrogen-bond acceptors (Lipinski definition) is 3. The monoisotopic (exact) mass is 350 g/mol. The number of hydrogen-bond donors (Lipinski definition) is 0. The highest BCUT2D eigenvalue weighted by atomic mass is 16.2. The molecule has 0 fully saturated rings. The number of nitrogens with zero attached hydrogens (tertiary/aromatic N) is 2. The third-order valence-electron chi connectivity index (χ3n) is 4.65. The number of carbonyl (C=O) groups excluding carboxylic acids is 3. The molecule has 5 nitrogen and oxygen atoms in total. The van der Waals surface area contributed by atoms with Gasteiger partial charge in [-0.1, -0.05) is 30.3 Å². The zero-order valence-electron chi connectivity index (χ0n) is 15.1. The van der Waals surface area contributed by atoms with Crippen LogP contribution in [0, 0.1) is 0 Å². The van der Waals surface area contributed by atoms with Gasteiger partial charge < -0.3 is 9.80 Å². The molecule has 2 aromatic rings. The topological polar surface area (TPSA) is 57.7 Å². The quantitative estimate of drug-likeness (QED) is 0.796. The zero-order valence-corrected chi connectivity index (χ0v) is 15.1. The fourth-order valence-electron chi connectivity index (χ4n) is 3.29. The first-order valence-corrected chi connectivity index (χ1v) is 8.75. The smallest absolute Gasteiger partial charge is 0.247 e. The highest BCUT2D eigenvalue weighted by Crippen LogP contribution is 2.27. The highest BCUT2D eigenvalue weighted by molar-refractivity contribution is 6.04. The number of amides is 2. The number of fused-ring (bicyclic) bond motifs is 1. The number of carbonyl (C=O) groups is 3. The number of ketones is 1. The van der Waals surface area contributed by atoms with Gasteiger partial charge in [-0.3, -0.25) is 14.4 Å². The summed E-state index contributed by atoms with van der Waals surface area (Å²) in [6, 6.07) is 14.7. The Balaban J connectivity index is 1.85. The van der Waals surface area contributed by atoms with Crippen LogP contribution in [0.2, 0.25) is 0 Å². The Morgan fingerprint density at radius 2 is 1.81 bits per heavy atom. The number of Topliss-reactive ketones (excluding diaryl/α,β-unsaturated/α-hetero) is 1. The summed E-state index contributed by atoms with van der Waals surface area (Å²) in [7, 11) is 0. The minimum atomic E-state index is -0.232. The van der Waals surface area contributed by atoms with Crippen LogP contribution in [0.1, 0.15) is 36.2 Å². The second kappa shape index (κ2) is 7.52. The molecule has 0 spiro atoms. The lowest BCUT2D eigenvalue weighted by molar-refractivity contribution is -0.121. The van der Waals surface area contributed by atoms with Crippen molar-refractivity contribution in [3.63, 3.8) is 0 Å². The molecule has 1 aliphatic rings. The van der Waals surface area contributed by atoms with Gasteiger partial charge in [0.15, 0.2) is 5.78 Å². The van der Waals surface area contributed by atoms with Gasteiger partial charge in [-0.25, -0.2) is 0 Å². The lowest BCUT2D eigenvalue weighted by Gasteiger charge is -2.31. The van der Waals surface area contributed by atoms with Gasteiger partial charge in [0.2, 0.25) is 11.8 Å². The summed E-state index contributed by atoms with van der Waals surface area (Å²) in [5.74, 6) is -0.434. The average molecular weight is 350 g/mol. The van der Waals surface area contributed by atoms with Gasteiger partial charge in [0, 0.05) is 30.4 Å². The molecular weight excluding hydrogens is 328 g/mol. The fraction of sp³-hybridized carbons (Fsp3) is 0.286. The third kappa shape index (κ3) is 3.67. The second-order valence-corrected chi connectivity index (χ2v) is 6.49. The molecule has 0 N–H and O–H groups in total. The van der Waals surface area contributed by atoms with Gasteiger partial charge in [-0.15, -0.1) is 0 Å². The van der Waals surface area contributed by atoms with Crippen molar-refractivity contribution in [1.82, 2.24) is 0 Å². The van der Waals surface area contributed by atoms with E-state index < -0.39 is 0 Å². The minimum absolute atomic E-state index is 0.0506. The van der Waals surface area contributed by atoms with Gasteiger partial charge in [0.25, 0.3) is 0 Å². The van der Waals surface area contributed by atoms with Gasteiger partial charge >= 0.3 is 0 Å². The van der Waals surface area contributed by atoms with Crippen molar-refractivity contribution in [3.05, 3.63) is 59.7 Å². The molecule has 26 heavy (non-hydrogen) atoms. The molecule has 1 heterocycles. The summed E-state index contributed by atoms with van der Waals surface area (Å²) in [4.78, 5) is 39.9. The van der Waals surface area contributed by atoms with E-state index in [1.165, 1.54) is 18.7 Å². The van der Waals surface area contributed by atoms with Crippen LogP contribution in [-0.2, 0) is 16.0 Å². The number of anilines is 2. The lowest BCUT2D eigenvalue weighted by Crippen LogP contribution is -2.44. The van der Waals surface area contributed by atoms with Crippen LogP contribution in [0.3, 0.4) is 0 Å². The van der Waals surface area contributed by atoms with E-state index >= 15 is 0 Å². The molecule has 5 heteroatoms. The van der Waals surface area contributed by atoms with E-state index in [0.29, 0.717) is 17.8 Å². The summed E-state index contributed by atoms with van der Waals surface area (Å²) in [6.07, 6.45) is 1.86. The minimum Gasteiger partial charge on any atom is -0.311 e. The van der Waals surface area contributed by atoms with Gasteiger partial charge in [0.1, 0.15) is 6.54 Å². The van der Waals surface area contributed by atoms with Crippen LogP contribution in [0.25, 0.3) is 0 Å². The maximum atomic E-state index is 12.9. The summed E-state index contributed by atoms with van der Waals surface area (Å²) in [5, 5.41) is 0. The molecule has 2 amide bonds. The molecule has 0 aliphatic carbocycles. The van der Waals surface area contributed by atoms with E-state index in [0.717, 1.165) is 24.1 Å². The van der Waals surface area contributed by atoms with Crippen molar-refractivity contribution >= 4 is 29.0 Å². The Morgan fingerprint density at radius 1 is 1.04 bits per heavy atom. The molecule has 1 aliphatic heterocycles. The van der Waals surface area contributed by atoms with E-state index in [4.69, 9.17) is 0 Å². The molecule has 3 rings (SSSR count). The molecule has 0 bridgehead atoms. The SMILES string of the molecule is CC(=O)c1cccc(N(CC(=O)N2CCCc3ccccc32)C(C)=O)c1. The van der Waals surface area contributed by atoms with Gasteiger partial charge in [-0.05, 0) is 43.5 Å².